The minimum atomic E-state index is 0.231. The molecule has 2 rings (SSSR count). The molecule has 1 aromatic rings. The van der Waals surface area contributed by atoms with E-state index in [-0.39, 0.29) is 6.10 Å². The molecule has 1 aromatic heterocycles. The Balaban J connectivity index is 1.92. The van der Waals surface area contributed by atoms with Crippen LogP contribution in [0.5, 0.6) is 0 Å². The van der Waals surface area contributed by atoms with Gasteiger partial charge in [-0.1, -0.05) is 0 Å². The summed E-state index contributed by atoms with van der Waals surface area (Å²) in [5.41, 5.74) is 1.08. The van der Waals surface area contributed by atoms with Gasteiger partial charge in [-0.25, -0.2) is 4.98 Å². The standard InChI is InChI=1S/C12H21N3O/c1-4-16-10(3)7-13-12-14-9(2)8-15(12)11-5-6-11/h8,10-11H,4-7H2,1-3H3,(H,13,14). The maximum Gasteiger partial charge on any atom is 0.203 e. The van der Waals surface area contributed by atoms with Crippen LogP contribution in [0.3, 0.4) is 0 Å². The normalized spacial score (nSPS) is 17.4. The summed E-state index contributed by atoms with van der Waals surface area (Å²) in [6.07, 6.45) is 4.93. The van der Waals surface area contributed by atoms with Gasteiger partial charge in [0, 0.05) is 25.4 Å². The van der Waals surface area contributed by atoms with E-state index in [0.29, 0.717) is 6.04 Å². The maximum absolute atomic E-state index is 5.49. The largest absolute Gasteiger partial charge is 0.377 e. The fourth-order valence-corrected chi connectivity index (χ4v) is 1.86. The molecule has 0 aromatic carbocycles. The van der Waals surface area contributed by atoms with Gasteiger partial charge in [0.2, 0.25) is 5.95 Å². The summed E-state index contributed by atoms with van der Waals surface area (Å²) in [5, 5.41) is 3.37. The van der Waals surface area contributed by atoms with Gasteiger partial charge in [-0.2, -0.15) is 0 Å². The monoisotopic (exact) mass is 223 g/mol. The Morgan fingerprint density at radius 2 is 2.38 bits per heavy atom. The molecule has 1 unspecified atom stereocenters. The van der Waals surface area contributed by atoms with Gasteiger partial charge in [0.25, 0.3) is 0 Å². The molecule has 0 aliphatic heterocycles. The molecule has 4 nitrogen and oxygen atoms in total. The Morgan fingerprint density at radius 1 is 1.62 bits per heavy atom. The Kier molecular flexibility index (Phi) is 3.49. The highest BCUT2D eigenvalue weighted by atomic mass is 16.5. The molecule has 1 saturated carbocycles. The lowest BCUT2D eigenvalue weighted by Crippen LogP contribution is -2.21. The molecule has 0 saturated heterocycles. The van der Waals surface area contributed by atoms with Crippen molar-refractivity contribution in [2.24, 2.45) is 0 Å². The number of nitrogens with zero attached hydrogens (tertiary/aromatic N) is 2. The molecule has 0 amide bonds. The van der Waals surface area contributed by atoms with E-state index in [2.05, 4.69) is 28.0 Å². The second-order valence-electron chi connectivity index (χ2n) is 4.49. The summed E-state index contributed by atoms with van der Waals surface area (Å²) < 4.78 is 7.74. The van der Waals surface area contributed by atoms with Crippen LogP contribution in [0.2, 0.25) is 0 Å². The van der Waals surface area contributed by atoms with Crippen molar-refractivity contribution in [3.63, 3.8) is 0 Å². The first-order valence-electron chi connectivity index (χ1n) is 6.11. The first kappa shape index (κ1) is 11.5. The van der Waals surface area contributed by atoms with Crippen molar-refractivity contribution in [1.29, 1.82) is 0 Å². The predicted octanol–water partition coefficient (Wildman–Crippen LogP) is 2.36. The zero-order valence-corrected chi connectivity index (χ0v) is 10.4. The number of rotatable bonds is 6. The third-order valence-electron chi connectivity index (χ3n) is 2.79. The Hall–Kier alpha value is -1.03. The first-order valence-corrected chi connectivity index (χ1v) is 6.11. The number of ether oxygens (including phenoxy) is 1. The van der Waals surface area contributed by atoms with Gasteiger partial charge in [-0.15, -0.1) is 0 Å². The molecule has 1 N–H and O–H groups in total. The number of nitrogens with one attached hydrogen (secondary N) is 1. The minimum Gasteiger partial charge on any atom is -0.377 e. The van der Waals surface area contributed by atoms with E-state index in [9.17, 15) is 0 Å². The zero-order chi connectivity index (χ0) is 11.5. The number of anilines is 1. The van der Waals surface area contributed by atoms with Crippen LogP contribution >= 0.6 is 0 Å². The maximum atomic E-state index is 5.49. The predicted molar refractivity (Wildman–Crippen MR) is 64.8 cm³/mol. The van der Waals surface area contributed by atoms with Gasteiger partial charge >= 0.3 is 0 Å². The average Bonchev–Trinajstić information content (AvgIpc) is 3.01. The molecule has 0 radical (unpaired) electrons. The first-order chi connectivity index (χ1) is 7.70. The van der Waals surface area contributed by atoms with Gasteiger partial charge in [-0.3, -0.25) is 0 Å². The summed E-state index contributed by atoms with van der Waals surface area (Å²) in [4.78, 5) is 4.50. The Morgan fingerprint density at radius 3 is 3.00 bits per heavy atom. The Bertz CT molecular complexity index is 344. The highest BCUT2D eigenvalue weighted by molar-refractivity contribution is 5.30. The molecule has 1 atom stereocenters. The van der Waals surface area contributed by atoms with E-state index in [0.717, 1.165) is 24.8 Å². The van der Waals surface area contributed by atoms with Gasteiger partial charge in [0.1, 0.15) is 0 Å². The summed E-state index contributed by atoms with van der Waals surface area (Å²) in [5.74, 6) is 0.992. The molecule has 1 aliphatic carbocycles. The second kappa shape index (κ2) is 4.87. The van der Waals surface area contributed by atoms with E-state index in [4.69, 9.17) is 4.74 Å². The zero-order valence-electron chi connectivity index (χ0n) is 10.4. The van der Waals surface area contributed by atoms with Crippen LogP contribution < -0.4 is 5.32 Å². The van der Waals surface area contributed by atoms with Crippen molar-refractivity contribution < 1.29 is 4.74 Å². The lowest BCUT2D eigenvalue weighted by Gasteiger charge is -2.14. The van der Waals surface area contributed by atoms with Crippen LogP contribution in [-0.4, -0.2) is 28.8 Å². The van der Waals surface area contributed by atoms with E-state index < -0.39 is 0 Å². The van der Waals surface area contributed by atoms with Crippen LogP contribution in [0.1, 0.15) is 38.4 Å². The van der Waals surface area contributed by atoms with Crippen LogP contribution in [0.25, 0.3) is 0 Å². The van der Waals surface area contributed by atoms with Crippen molar-refractivity contribution in [3.8, 4) is 0 Å². The van der Waals surface area contributed by atoms with Crippen molar-refractivity contribution in [3.05, 3.63) is 11.9 Å². The van der Waals surface area contributed by atoms with Gasteiger partial charge < -0.3 is 14.6 Å². The third kappa shape index (κ3) is 2.76. The SMILES string of the molecule is CCOC(C)CNc1nc(C)cn1C1CC1. The highest BCUT2D eigenvalue weighted by Crippen LogP contribution is 2.37. The average molecular weight is 223 g/mol. The number of aryl methyl sites for hydroxylation is 1. The molecular formula is C12H21N3O. The fraction of sp³-hybridized carbons (Fsp3) is 0.750. The summed E-state index contributed by atoms with van der Waals surface area (Å²) in [6.45, 7) is 7.71. The summed E-state index contributed by atoms with van der Waals surface area (Å²) in [6, 6.07) is 0.672. The molecule has 4 heteroatoms. The van der Waals surface area contributed by atoms with Gasteiger partial charge in [0.15, 0.2) is 0 Å². The molecule has 0 bridgehead atoms. The van der Waals surface area contributed by atoms with Crippen LogP contribution in [-0.2, 0) is 4.74 Å². The number of hydrogen-bond acceptors (Lipinski definition) is 3. The summed E-state index contributed by atoms with van der Waals surface area (Å²) >= 11 is 0. The van der Waals surface area contributed by atoms with Crippen molar-refractivity contribution in [2.75, 3.05) is 18.5 Å². The molecule has 1 heterocycles. The third-order valence-corrected chi connectivity index (χ3v) is 2.79. The summed E-state index contributed by atoms with van der Waals surface area (Å²) in [7, 11) is 0. The van der Waals surface area contributed by atoms with E-state index in [1.165, 1.54) is 12.8 Å². The van der Waals surface area contributed by atoms with E-state index in [1.807, 2.05) is 13.8 Å². The van der Waals surface area contributed by atoms with Gasteiger partial charge in [0.05, 0.1) is 11.8 Å². The fourth-order valence-electron chi connectivity index (χ4n) is 1.86. The molecule has 0 spiro atoms. The van der Waals surface area contributed by atoms with E-state index in [1.54, 1.807) is 0 Å². The van der Waals surface area contributed by atoms with Crippen molar-refractivity contribution >= 4 is 5.95 Å². The smallest absolute Gasteiger partial charge is 0.203 e. The molecule has 1 aliphatic rings. The van der Waals surface area contributed by atoms with Crippen molar-refractivity contribution in [2.45, 2.75) is 45.8 Å². The molecule has 16 heavy (non-hydrogen) atoms. The number of hydrogen-bond donors (Lipinski definition) is 1. The number of imidazole rings is 1. The second-order valence-corrected chi connectivity index (χ2v) is 4.49. The van der Waals surface area contributed by atoms with E-state index >= 15 is 0 Å². The van der Waals surface area contributed by atoms with Crippen molar-refractivity contribution in [1.82, 2.24) is 9.55 Å². The molecular weight excluding hydrogens is 202 g/mol. The Labute approximate surface area is 97.0 Å². The number of aromatic nitrogens is 2. The lowest BCUT2D eigenvalue weighted by molar-refractivity contribution is 0.0853. The molecule has 90 valence electrons. The highest BCUT2D eigenvalue weighted by Gasteiger charge is 2.26. The quantitative estimate of drug-likeness (QED) is 0.804. The van der Waals surface area contributed by atoms with Gasteiger partial charge in [-0.05, 0) is 33.6 Å². The van der Waals surface area contributed by atoms with Crippen LogP contribution in [0.15, 0.2) is 6.20 Å². The van der Waals surface area contributed by atoms with Crippen LogP contribution in [0.4, 0.5) is 5.95 Å². The molecule has 1 fully saturated rings. The van der Waals surface area contributed by atoms with Crippen LogP contribution in [0, 0.1) is 6.92 Å². The lowest BCUT2D eigenvalue weighted by atomic mass is 10.4. The topological polar surface area (TPSA) is 39.1 Å². The minimum absolute atomic E-state index is 0.231.